The molecule has 0 fully saturated rings. The summed E-state index contributed by atoms with van der Waals surface area (Å²) in [6, 6.07) is 6.58. The second-order valence-electron chi connectivity index (χ2n) is 3.90. The predicted octanol–water partition coefficient (Wildman–Crippen LogP) is 3.83. The van der Waals surface area contributed by atoms with Crippen LogP contribution in [-0.2, 0) is 6.54 Å². The maximum Gasteiger partial charge on any atom is 0.211 e. The van der Waals surface area contributed by atoms with Gasteiger partial charge in [0.05, 0.1) is 10.0 Å². The normalized spacial score (nSPS) is 10.6. The predicted molar refractivity (Wildman–Crippen MR) is 72.4 cm³/mol. The SMILES string of the molecule is CCCn1nccc1C(=O)c1ccc(Cl)c(Cl)c1. The molecule has 0 aliphatic rings. The topological polar surface area (TPSA) is 34.9 Å². The summed E-state index contributed by atoms with van der Waals surface area (Å²) in [6.45, 7) is 2.75. The van der Waals surface area contributed by atoms with Gasteiger partial charge in [-0.3, -0.25) is 9.48 Å². The Balaban J connectivity index is 2.35. The first-order chi connectivity index (χ1) is 8.63. The molecule has 0 amide bonds. The number of carbonyl (C=O) groups excluding carboxylic acids is 1. The number of ketones is 1. The summed E-state index contributed by atoms with van der Waals surface area (Å²) in [5, 5.41) is 4.95. The van der Waals surface area contributed by atoms with Gasteiger partial charge in [0.2, 0.25) is 5.78 Å². The summed E-state index contributed by atoms with van der Waals surface area (Å²) in [6.07, 6.45) is 2.55. The van der Waals surface area contributed by atoms with Crippen molar-refractivity contribution in [2.45, 2.75) is 19.9 Å². The Morgan fingerprint density at radius 1 is 1.28 bits per heavy atom. The van der Waals surface area contributed by atoms with Crippen molar-refractivity contribution in [1.82, 2.24) is 9.78 Å². The molecule has 2 aromatic rings. The van der Waals surface area contributed by atoms with Crippen molar-refractivity contribution in [3.63, 3.8) is 0 Å². The molecule has 0 spiro atoms. The fourth-order valence-electron chi connectivity index (χ4n) is 1.70. The summed E-state index contributed by atoms with van der Waals surface area (Å²) < 4.78 is 1.70. The summed E-state index contributed by atoms with van der Waals surface area (Å²) in [7, 11) is 0. The molecule has 1 aromatic carbocycles. The van der Waals surface area contributed by atoms with Crippen molar-refractivity contribution in [2.24, 2.45) is 0 Å². The number of carbonyl (C=O) groups is 1. The van der Waals surface area contributed by atoms with Crippen molar-refractivity contribution in [2.75, 3.05) is 0 Å². The summed E-state index contributed by atoms with van der Waals surface area (Å²) in [5.41, 5.74) is 1.08. The van der Waals surface area contributed by atoms with E-state index in [9.17, 15) is 4.79 Å². The van der Waals surface area contributed by atoms with Gasteiger partial charge in [-0.2, -0.15) is 5.10 Å². The van der Waals surface area contributed by atoms with Gasteiger partial charge in [0.25, 0.3) is 0 Å². The van der Waals surface area contributed by atoms with Crippen LogP contribution in [-0.4, -0.2) is 15.6 Å². The Bertz CT molecular complexity index is 578. The lowest BCUT2D eigenvalue weighted by Crippen LogP contribution is -2.11. The first-order valence-electron chi connectivity index (χ1n) is 5.65. The highest BCUT2D eigenvalue weighted by Gasteiger charge is 2.15. The Morgan fingerprint density at radius 2 is 2.06 bits per heavy atom. The molecule has 0 aliphatic heterocycles. The molecule has 5 heteroatoms. The zero-order valence-electron chi connectivity index (χ0n) is 9.86. The van der Waals surface area contributed by atoms with E-state index in [1.807, 2.05) is 6.92 Å². The van der Waals surface area contributed by atoms with E-state index in [0.29, 0.717) is 21.3 Å². The zero-order valence-corrected chi connectivity index (χ0v) is 11.4. The molecule has 0 unspecified atom stereocenters. The second kappa shape index (κ2) is 5.55. The maximum absolute atomic E-state index is 12.3. The number of benzene rings is 1. The third-order valence-electron chi connectivity index (χ3n) is 2.57. The summed E-state index contributed by atoms with van der Waals surface area (Å²) in [4.78, 5) is 12.3. The van der Waals surface area contributed by atoms with Crippen molar-refractivity contribution < 1.29 is 4.79 Å². The van der Waals surface area contributed by atoms with Crippen LogP contribution in [0.2, 0.25) is 10.0 Å². The van der Waals surface area contributed by atoms with E-state index < -0.39 is 0 Å². The first-order valence-corrected chi connectivity index (χ1v) is 6.40. The molecule has 94 valence electrons. The van der Waals surface area contributed by atoms with Crippen LogP contribution in [0.25, 0.3) is 0 Å². The average molecular weight is 283 g/mol. The van der Waals surface area contributed by atoms with Crippen molar-refractivity contribution >= 4 is 29.0 Å². The van der Waals surface area contributed by atoms with Crippen LogP contribution in [0, 0.1) is 0 Å². The molecule has 0 bridgehead atoms. The van der Waals surface area contributed by atoms with Crippen LogP contribution in [0.4, 0.5) is 0 Å². The Morgan fingerprint density at radius 3 is 2.72 bits per heavy atom. The van der Waals surface area contributed by atoms with Gasteiger partial charge in [0.15, 0.2) is 0 Å². The van der Waals surface area contributed by atoms with E-state index in [1.165, 1.54) is 0 Å². The van der Waals surface area contributed by atoms with E-state index in [-0.39, 0.29) is 5.78 Å². The minimum absolute atomic E-state index is 0.0977. The van der Waals surface area contributed by atoms with Crippen LogP contribution in [0.3, 0.4) is 0 Å². The molecular formula is C13H12Cl2N2O. The zero-order chi connectivity index (χ0) is 13.1. The largest absolute Gasteiger partial charge is 0.287 e. The molecule has 0 atom stereocenters. The van der Waals surface area contributed by atoms with Gasteiger partial charge < -0.3 is 0 Å². The highest BCUT2D eigenvalue weighted by Crippen LogP contribution is 2.23. The van der Waals surface area contributed by atoms with Gasteiger partial charge in [-0.05, 0) is 30.7 Å². The van der Waals surface area contributed by atoms with Crippen LogP contribution < -0.4 is 0 Å². The quantitative estimate of drug-likeness (QED) is 0.799. The van der Waals surface area contributed by atoms with Gasteiger partial charge in [0.1, 0.15) is 5.69 Å². The number of aryl methyl sites for hydroxylation is 1. The Hall–Kier alpha value is -1.32. The molecule has 0 saturated heterocycles. The number of hydrogen-bond donors (Lipinski definition) is 0. The molecule has 0 aliphatic carbocycles. The molecule has 0 radical (unpaired) electrons. The van der Waals surface area contributed by atoms with Gasteiger partial charge >= 0.3 is 0 Å². The van der Waals surface area contributed by atoms with Gasteiger partial charge in [0, 0.05) is 18.3 Å². The molecule has 0 N–H and O–H groups in total. The van der Waals surface area contributed by atoms with Crippen molar-refractivity contribution in [3.8, 4) is 0 Å². The number of halogens is 2. The number of nitrogens with zero attached hydrogens (tertiary/aromatic N) is 2. The number of hydrogen-bond acceptors (Lipinski definition) is 2. The van der Waals surface area contributed by atoms with E-state index in [2.05, 4.69) is 5.10 Å². The minimum Gasteiger partial charge on any atom is -0.287 e. The molecular weight excluding hydrogens is 271 g/mol. The van der Waals surface area contributed by atoms with Crippen LogP contribution in [0.1, 0.15) is 29.4 Å². The summed E-state index contributed by atoms with van der Waals surface area (Å²) in [5.74, 6) is -0.0977. The fraction of sp³-hybridized carbons (Fsp3) is 0.231. The monoisotopic (exact) mass is 282 g/mol. The molecule has 3 nitrogen and oxygen atoms in total. The fourth-order valence-corrected chi connectivity index (χ4v) is 2.00. The maximum atomic E-state index is 12.3. The molecule has 1 aromatic heterocycles. The lowest BCUT2D eigenvalue weighted by Gasteiger charge is -2.06. The second-order valence-corrected chi connectivity index (χ2v) is 4.71. The molecule has 2 rings (SSSR count). The van der Waals surface area contributed by atoms with Gasteiger partial charge in [-0.25, -0.2) is 0 Å². The lowest BCUT2D eigenvalue weighted by atomic mass is 10.1. The Kier molecular flexibility index (Phi) is 4.04. The summed E-state index contributed by atoms with van der Waals surface area (Å²) >= 11 is 11.7. The van der Waals surface area contributed by atoms with E-state index in [0.717, 1.165) is 13.0 Å². The van der Waals surface area contributed by atoms with Gasteiger partial charge in [-0.15, -0.1) is 0 Å². The average Bonchev–Trinajstić information content (AvgIpc) is 2.80. The highest BCUT2D eigenvalue weighted by molar-refractivity contribution is 6.42. The van der Waals surface area contributed by atoms with Crippen LogP contribution in [0.15, 0.2) is 30.5 Å². The molecule has 0 saturated carbocycles. The first kappa shape index (κ1) is 13.1. The smallest absolute Gasteiger partial charge is 0.211 e. The number of aromatic nitrogens is 2. The third kappa shape index (κ3) is 2.57. The Labute approximate surface area is 115 Å². The van der Waals surface area contributed by atoms with Crippen LogP contribution >= 0.6 is 23.2 Å². The van der Waals surface area contributed by atoms with Crippen LogP contribution in [0.5, 0.6) is 0 Å². The highest BCUT2D eigenvalue weighted by atomic mass is 35.5. The molecule has 1 heterocycles. The van der Waals surface area contributed by atoms with E-state index in [4.69, 9.17) is 23.2 Å². The van der Waals surface area contributed by atoms with Gasteiger partial charge in [-0.1, -0.05) is 30.1 Å². The van der Waals surface area contributed by atoms with Crippen molar-refractivity contribution in [1.29, 1.82) is 0 Å². The minimum atomic E-state index is -0.0977. The van der Waals surface area contributed by atoms with E-state index in [1.54, 1.807) is 35.1 Å². The lowest BCUT2D eigenvalue weighted by molar-refractivity contribution is 0.102. The number of rotatable bonds is 4. The van der Waals surface area contributed by atoms with E-state index >= 15 is 0 Å². The van der Waals surface area contributed by atoms with Crippen molar-refractivity contribution in [3.05, 3.63) is 51.8 Å². The molecule has 18 heavy (non-hydrogen) atoms. The third-order valence-corrected chi connectivity index (χ3v) is 3.31. The standard InChI is InChI=1S/C13H12Cl2N2O/c1-2-7-17-12(5-6-16-17)13(18)9-3-4-10(14)11(15)8-9/h3-6,8H,2,7H2,1H3.